The molecule has 8 heteroatoms. The average molecular weight is 417 g/mol. The van der Waals surface area contributed by atoms with Crippen LogP contribution >= 0.6 is 0 Å². The number of aryl methyl sites for hydroxylation is 3. The molecular formula is C21H28N4O3S. The van der Waals surface area contributed by atoms with Crippen molar-refractivity contribution in [1.29, 1.82) is 0 Å². The van der Waals surface area contributed by atoms with Crippen molar-refractivity contribution in [3.05, 3.63) is 34.5 Å². The first-order valence-electron chi connectivity index (χ1n) is 10.5. The van der Waals surface area contributed by atoms with Crippen molar-refractivity contribution in [3.63, 3.8) is 0 Å². The first-order chi connectivity index (χ1) is 13.9. The van der Waals surface area contributed by atoms with E-state index in [1.165, 1.54) is 22.3 Å². The van der Waals surface area contributed by atoms with Gasteiger partial charge in [0.05, 0.1) is 12.3 Å². The van der Waals surface area contributed by atoms with Crippen LogP contribution in [0.4, 0.5) is 10.5 Å². The van der Waals surface area contributed by atoms with Gasteiger partial charge in [0.25, 0.3) is 0 Å². The van der Waals surface area contributed by atoms with Crippen molar-refractivity contribution >= 4 is 21.8 Å². The van der Waals surface area contributed by atoms with Crippen LogP contribution in [0.3, 0.4) is 0 Å². The summed E-state index contributed by atoms with van der Waals surface area (Å²) in [5.74, 6) is 0.511. The van der Waals surface area contributed by atoms with E-state index in [1.807, 2.05) is 6.92 Å². The quantitative estimate of drug-likeness (QED) is 0.672. The Morgan fingerprint density at radius 1 is 1.21 bits per heavy atom. The van der Waals surface area contributed by atoms with Crippen LogP contribution in [0.5, 0.6) is 5.88 Å². The van der Waals surface area contributed by atoms with Crippen LogP contribution in [-0.2, 0) is 42.3 Å². The highest BCUT2D eigenvalue weighted by Crippen LogP contribution is 2.38. The normalized spacial score (nSPS) is 20.4. The number of carbonyl (C=O) groups is 1. The van der Waals surface area contributed by atoms with E-state index in [1.54, 1.807) is 17.1 Å². The number of amides is 2. The molecule has 0 radical (unpaired) electrons. The Labute approximate surface area is 171 Å². The van der Waals surface area contributed by atoms with E-state index >= 15 is 0 Å². The number of urea groups is 1. The molecule has 2 N–H and O–H groups in total. The number of aromatic nitrogens is 2. The molecule has 2 aliphatic carbocycles. The van der Waals surface area contributed by atoms with E-state index in [-0.39, 0.29) is 6.10 Å². The molecule has 0 fully saturated rings. The first-order valence-corrected chi connectivity index (χ1v) is 12.6. The molecule has 7 nitrogen and oxygen atoms in total. The lowest BCUT2D eigenvalue weighted by molar-refractivity contribution is 0.144. The zero-order valence-corrected chi connectivity index (χ0v) is 17.8. The molecule has 0 unspecified atom stereocenters. The van der Waals surface area contributed by atoms with Gasteiger partial charge in [-0.2, -0.15) is 5.10 Å². The summed E-state index contributed by atoms with van der Waals surface area (Å²) in [4.78, 5) is 13.4. The second kappa shape index (κ2) is 6.86. The monoisotopic (exact) mass is 416 g/mol. The van der Waals surface area contributed by atoms with Crippen molar-refractivity contribution < 1.29 is 13.7 Å². The number of benzene rings is 1. The van der Waals surface area contributed by atoms with Crippen LogP contribution in [-0.4, -0.2) is 32.4 Å². The summed E-state index contributed by atoms with van der Waals surface area (Å²) in [6, 6.07) is 1.91. The summed E-state index contributed by atoms with van der Waals surface area (Å²) in [6.45, 7) is 2.71. The summed E-state index contributed by atoms with van der Waals surface area (Å²) in [5.41, 5.74) is 6.17. The van der Waals surface area contributed by atoms with Crippen molar-refractivity contribution in [2.75, 3.05) is 11.6 Å². The number of rotatable bonds is 3. The topological polar surface area (TPSA) is 85.2 Å². The van der Waals surface area contributed by atoms with Gasteiger partial charge in [-0.15, -0.1) is 0 Å². The van der Waals surface area contributed by atoms with Crippen molar-refractivity contribution in [2.24, 2.45) is 0 Å². The number of anilines is 1. The van der Waals surface area contributed by atoms with Gasteiger partial charge >= 0.3 is 6.03 Å². The molecular weight excluding hydrogens is 388 g/mol. The standard InChI is InChI=1S/C21H28N4O3S/c1-13-9-10-25-20(28-13)18(12-22-25)29(2,27)24-21(26)23-19-16-7-3-5-14(16)11-15-6-4-8-17(15)19/h11-13,29H,3-10H2,1-2H3,(H2,23,24,26,27)/t13-/m1/s1. The van der Waals surface area contributed by atoms with Crippen LogP contribution in [0.1, 0.15) is 48.4 Å². The van der Waals surface area contributed by atoms with E-state index in [2.05, 4.69) is 21.2 Å². The van der Waals surface area contributed by atoms with E-state index in [9.17, 15) is 9.00 Å². The molecule has 0 bridgehead atoms. The molecule has 29 heavy (non-hydrogen) atoms. The summed E-state index contributed by atoms with van der Waals surface area (Å²) < 4.78 is 23.7. The predicted octanol–water partition coefficient (Wildman–Crippen LogP) is 2.77. The highest BCUT2D eigenvalue weighted by Gasteiger charge is 2.29. The lowest BCUT2D eigenvalue weighted by Crippen LogP contribution is -2.39. The molecule has 2 amide bonds. The Bertz CT molecular complexity index is 1010. The van der Waals surface area contributed by atoms with E-state index in [0.717, 1.165) is 57.2 Å². The van der Waals surface area contributed by atoms with E-state index < -0.39 is 16.1 Å². The van der Waals surface area contributed by atoms with Crippen LogP contribution in [0, 0.1) is 0 Å². The molecule has 3 aliphatic rings. The molecule has 2 heterocycles. The number of ether oxygens (including phenoxy) is 1. The SMILES string of the molecule is C[C@@H]1CCn2ncc([SH](C)(=O)NC(=O)Nc3c4c(cc5c3CCC5)CCC4)c2O1. The zero-order valence-electron chi connectivity index (χ0n) is 17.0. The molecule has 1 aromatic heterocycles. The van der Waals surface area contributed by atoms with Crippen LogP contribution in [0.2, 0.25) is 0 Å². The Hall–Kier alpha value is -2.35. The molecule has 156 valence electrons. The second-order valence-corrected chi connectivity index (χ2v) is 11.1. The smallest absolute Gasteiger partial charge is 0.329 e. The second-order valence-electron chi connectivity index (χ2n) is 8.50. The number of hydrogen-bond acceptors (Lipinski definition) is 4. The number of carbonyl (C=O) groups excluding carboxylic acids is 1. The zero-order chi connectivity index (χ0) is 20.2. The Morgan fingerprint density at radius 2 is 1.90 bits per heavy atom. The minimum absolute atomic E-state index is 0.0428. The first kappa shape index (κ1) is 18.7. The molecule has 0 saturated heterocycles. The van der Waals surface area contributed by atoms with Gasteiger partial charge in [-0.05, 0) is 77.8 Å². The summed E-state index contributed by atoms with van der Waals surface area (Å²) >= 11 is 0. The largest absolute Gasteiger partial charge is 0.474 e. The molecule has 2 aromatic rings. The molecule has 1 aromatic carbocycles. The molecule has 0 spiro atoms. The predicted molar refractivity (Wildman–Crippen MR) is 113 cm³/mol. The third-order valence-electron chi connectivity index (χ3n) is 6.32. The number of fused-ring (bicyclic) bond motifs is 3. The van der Waals surface area contributed by atoms with E-state index in [0.29, 0.717) is 10.8 Å². The van der Waals surface area contributed by atoms with Gasteiger partial charge in [0.1, 0.15) is 4.90 Å². The van der Waals surface area contributed by atoms with Gasteiger partial charge in [0.2, 0.25) is 5.88 Å². The summed E-state index contributed by atoms with van der Waals surface area (Å²) in [7, 11) is -3.19. The third-order valence-corrected chi connectivity index (χ3v) is 8.18. The van der Waals surface area contributed by atoms with Gasteiger partial charge in [-0.25, -0.2) is 9.48 Å². The number of nitrogens with one attached hydrogen (secondary N) is 2. The van der Waals surface area contributed by atoms with Gasteiger partial charge < -0.3 is 10.1 Å². The van der Waals surface area contributed by atoms with Crippen LogP contribution < -0.4 is 14.8 Å². The molecule has 0 saturated carbocycles. The van der Waals surface area contributed by atoms with E-state index in [4.69, 9.17) is 4.74 Å². The van der Waals surface area contributed by atoms with Gasteiger partial charge in [-0.1, -0.05) is 6.07 Å². The summed E-state index contributed by atoms with van der Waals surface area (Å²) in [5, 5.41) is 7.35. The molecule has 5 rings (SSSR count). The maximum Gasteiger partial charge on any atom is 0.329 e. The third kappa shape index (κ3) is 3.23. The average Bonchev–Trinajstić information content (AvgIpc) is 3.39. The minimum Gasteiger partial charge on any atom is -0.474 e. The Balaban J connectivity index is 1.40. The van der Waals surface area contributed by atoms with Crippen LogP contribution in [0.25, 0.3) is 0 Å². The Kier molecular flexibility index (Phi) is 4.42. The van der Waals surface area contributed by atoms with Crippen LogP contribution in [0.15, 0.2) is 17.2 Å². The fourth-order valence-corrected chi connectivity index (χ4v) is 6.22. The highest BCUT2D eigenvalue weighted by atomic mass is 32.3. The number of nitrogens with zero attached hydrogens (tertiary/aromatic N) is 2. The summed E-state index contributed by atoms with van der Waals surface area (Å²) in [6.07, 6.45) is 10.4. The van der Waals surface area contributed by atoms with Crippen molar-refractivity contribution in [3.8, 4) is 5.88 Å². The van der Waals surface area contributed by atoms with Gasteiger partial charge in [-0.3, -0.25) is 8.93 Å². The van der Waals surface area contributed by atoms with Gasteiger partial charge in [0.15, 0.2) is 0 Å². The fourth-order valence-electron chi connectivity index (χ4n) is 4.85. The maximum atomic E-state index is 13.4. The van der Waals surface area contributed by atoms with Crippen molar-refractivity contribution in [1.82, 2.24) is 14.5 Å². The molecule has 1 aliphatic heterocycles. The molecule has 1 atom stereocenters. The highest BCUT2D eigenvalue weighted by molar-refractivity contribution is 8.01. The maximum absolute atomic E-state index is 13.4. The lowest BCUT2D eigenvalue weighted by Gasteiger charge is -2.26. The minimum atomic E-state index is -3.19. The fraction of sp³-hybridized carbons (Fsp3) is 0.524. The van der Waals surface area contributed by atoms with Gasteiger partial charge in [0, 0.05) is 24.9 Å². The lowest BCUT2D eigenvalue weighted by atomic mass is 9.99. The Morgan fingerprint density at radius 3 is 2.59 bits per heavy atom. The number of thiol groups is 1. The van der Waals surface area contributed by atoms with Crippen molar-refractivity contribution in [2.45, 2.75) is 69.4 Å². The number of hydrogen-bond donors (Lipinski definition) is 3.